The molecule has 0 bridgehead atoms. The molecule has 2 aliphatic rings. The molecule has 0 spiro atoms. The van der Waals surface area contributed by atoms with Crippen LogP contribution in [-0.2, 0) is 9.53 Å². The lowest BCUT2D eigenvalue weighted by atomic mass is 10.1. The van der Waals surface area contributed by atoms with E-state index in [1.807, 2.05) is 0 Å². The number of hydrogen-bond donors (Lipinski definition) is 1. The molecule has 1 atom stereocenters. The van der Waals surface area contributed by atoms with Crippen LogP contribution in [0.25, 0.3) is 0 Å². The molecular weight excluding hydrogens is 297 g/mol. The van der Waals surface area contributed by atoms with Crippen LogP contribution in [0.15, 0.2) is 0 Å². The summed E-state index contributed by atoms with van der Waals surface area (Å²) in [6.45, 7) is 3.15. The van der Waals surface area contributed by atoms with Gasteiger partial charge in [0.1, 0.15) is 4.11 Å². The number of carbonyl (C=O) groups is 1. The first-order valence-corrected chi connectivity index (χ1v) is 6.08. The highest BCUT2D eigenvalue weighted by molar-refractivity contribution is 14.1. The number of morpholine rings is 1. The Balaban J connectivity index is 1.88. The fourth-order valence-electron chi connectivity index (χ4n) is 1.82. The monoisotopic (exact) mass is 311 g/mol. The summed E-state index contributed by atoms with van der Waals surface area (Å²) in [6, 6.07) is 0. The molecule has 0 aromatic rings. The van der Waals surface area contributed by atoms with Crippen molar-refractivity contribution in [1.82, 2.24) is 4.90 Å². The minimum Gasteiger partial charge on any atom is -0.481 e. The van der Waals surface area contributed by atoms with Crippen molar-refractivity contribution in [3.05, 3.63) is 0 Å². The Morgan fingerprint density at radius 3 is 2.86 bits per heavy atom. The van der Waals surface area contributed by atoms with Gasteiger partial charge >= 0.3 is 5.97 Å². The highest BCUT2D eigenvalue weighted by Crippen LogP contribution is 2.46. The van der Waals surface area contributed by atoms with Crippen LogP contribution in [0, 0.1) is 5.41 Å². The molecule has 1 aliphatic carbocycles. The highest BCUT2D eigenvalue weighted by atomic mass is 127. The molecule has 1 N–H and O–H groups in total. The van der Waals surface area contributed by atoms with Gasteiger partial charge in [-0.1, -0.05) is 0 Å². The van der Waals surface area contributed by atoms with E-state index in [0.29, 0.717) is 6.54 Å². The van der Waals surface area contributed by atoms with Gasteiger partial charge in [-0.25, -0.2) is 0 Å². The fraction of sp³-hybridized carbons (Fsp3) is 0.889. The second kappa shape index (κ2) is 3.94. The molecule has 2 rings (SSSR count). The zero-order valence-corrected chi connectivity index (χ0v) is 10.1. The van der Waals surface area contributed by atoms with Gasteiger partial charge in [0.05, 0.1) is 12.0 Å². The van der Waals surface area contributed by atoms with Gasteiger partial charge in [-0.2, -0.15) is 0 Å². The van der Waals surface area contributed by atoms with Crippen molar-refractivity contribution in [3.8, 4) is 0 Å². The molecule has 1 saturated heterocycles. The Morgan fingerprint density at radius 1 is 1.64 bits per heavy atom. The summed E-state index contributed by atoms with van der Waals surface area (Å²) in [5, 5.41) is 9.04. The first kappa shape index (κ1) is 10.6. The third-order valence-corrected chi connectivity index (χ3v) is 3.69. The third-order valence-electron chi connectivity index (χ3n) is 2.94. The second-order valence-corrected chi connectivity index (χ2v) is 5.49. The predicted octanol–water partition coefficient (Wildman–Crippen LogP) is 0.944. The average Bonchev–Trinajstić information content (AvgIpc) is 2.85. The molecule has 2 fully saturated rings. The van der Waals surface area contributed by atoms with E-state index in [9.17, 15) is 4.79 Å². The fourth-order valence-corrected chi connectivity index (χ4v) is 2.63. The minimum atomic E-state index is -0.631. The lowest BCUT2D eigenvalue weighted by Gasteiger charge is -2.31. The standard InChI is InChI=1S/C9H14INO3/c10-7-5-11(3-4-14-7)6-9(1-2-9)8(12)13/h7H,1-6H2,(H,12,13). The number of rotatable bonds is 3. The van der Waals surface area contributed by atoms with Gasteiger partial charge in [0.15, 0.2) is 0 Å². The molecule has 1 unspecified atom stereocenters. The SMILES string of the molecule is O=C(O)C1(CN2CCOC(I)C2)CC1. The van der Waals surface area contributed by atoms with E-state index < -0.39 is 11.4 Å². The van der Waals surface area contributed by atoms with Gasteiger partial charge in [-0.05, 0) is 35.4 Å². The van der Waals surface area contributed by atoms with Crippen LogP contribution in [0.1, 0.15) is 12.8 Å². The molecule has 5 heteroatoms. The van der Waals surface area contributed by atoms with Crippen LogP contribution in [-0.4, -0.2) is 46.3 Å². The van der Waals surface area contributed by atoms with Crippen molar-refractivity contribution in [2.45, 2.75) is 17.0 Å². The van der Waals surface area contributed by atoms with E-state index in [2.05, 4.69) is 27.5 Å². The van der Waals surface area contributed by atoms with Crippen molar-refractivity contribution < 1.29 is 14.6 Å². The van der Waals surface area contributed by atoms with Crippen LogP contribution in [0.3, 0.4) is 0 Å². The Bertz CT molecular complexity index is 242. The molecule has 4 nitrogen and oxygen atoms in total. The Labute approximate surface area is 96.7 Å². The van der Waals surface area contributed by atoms with Crippen molar-refractivity contribution in [3.63, 3.8) is 0 Å². The maximum Gasteiger partial charge on any atom is 0.310 e. The van der Waals surface area contributed by atoms with E-state index >= 15 is 0 Å². The largest absolute Gasteiger partial charge is 0.481 e. The molecular formula is C9H14INO3. The van der Waals surface area contributed by atoms with Gasteiger partial charge in [-0.15, -0.1) is 0 Å². The lowest BCUT2D eigenvalue weighted by molar-refractivity contribution is -0.144. The Kier molecular flexibility index (Phi) is 2.99. The quantitative estimate of drug-likeness (QED) is 0.623. The number of aliphatic carboxylic acids is 1. The van der Waals surface area contributed by atoms with E-state index in [-0.39, 0.29) is 4.11 Å². The molecule has 1 aliphatic heterocycles. The zero-order valence-electron chi connectivity index (χ0n) is 7.91. The number of carboxylic acid groups (broad SMARTS) is 1. The highest BCUT2D eigenvalue weighted by Gasteiger charge is 2.51. The summed E-state index contributed by atoms with van der Waals surface area (Å²) in [5.74, 6) is -0.631. The predicted molar refractivity (Wildman–Crippen MR) is 59.5 cm³/mol. The molecule has 80 valence electrons. The minimum absolute atomic E-state index is 0.214. The first-order valence-electron chi connectivity index (χ1n) is 4.84. The third kappa shape index (κ3) is 2.20. The number of ether oxygens (including phenoxy) is 1. The average molecular weight is 311 g/mol. The molecule has 14 heavy (non-hydrogen) atoms. The topological polar surface area (TPSA) is 49.8 Å². The summed E-state index contributed by atoms with van der Waals surface area (Å²) in [7, 11) is 0. The number of hydrogen-bond acceptors (Lipinski definition) is 3. The molecule has 0 radical (unpaired) electrons. The first-order chi connectivity index (χ1) is 6.62. The van der Waals surface area contributed by atoms with Crippen LogP contribution >= 0.6 is 22.6 Å². The van der Waals surface area contributed by atoms with Crippen LogP contribution < -0.4 is 0 Å². The van der Waals surface area contributed by atoms with Crippen molar-refractivity contribution in [2.24, 2.45) is 5.41 Å². The summed E-state index contributed by atoms with van der Waals surface area (Å²) in [4.78, 5) is 13.2. The summed E-state index contributed by atoms with van der Waals surface area (Å²) in [5.41, 5.74) is -0.423. The maximum atomic E-state index is 11.0. The summed E-state index contributed by atoms with van der Waals surface area (Å²) >= 11 is 2.25. The molecule has 0 amide bonds. The van der Waals surface area contributed by atoms with Gasteiger partial charge in [0.25, 0.3) is 0 Å². The number of nitrogens with zero attached hydrogens (tertiary/aromatic N) is 1. The van der Waals surface area contributed by atoms with Crippen LogP contribution in [0.4, 0.5) is 0 Å². The van der Waals surface area contributed by atoms with Gasteiger partial charge < -0.3 is 9.84 Å². The van der Waals surface area contributed by atoms with Gasteiger partial charge in [0.2, 0.25) is 0 Å². The van der Waals surface area contributed by atoms with E-state index in [1.54, 1.807) is 0 Å². The number of carboxylic acids is 1. The molecule has 1 heterocycles. The number of alkyl halides is 1. The van der Waals surface area contributed by atoms with Gasteiger partial charge in [-0.3, -0.25) is 9.69 Å². The van der Waals surface area contributed by atoms with E-state index in [1.165, 1.54) is 0 Å². The Hall–Kier alpha value is 0.120. The Morgan fingerprint density at radius 2 is 2.36 bits per heavy atom. The maximum absolute atomic E-state index is 11.0. The van der Waals surface area contributed by atoms with Crippen molar-refractivity contribution in [2.75, 3.05) is 26.2 Å². The number of halogens is 1. The van der Waals surface area contributed by atoms with Crippen molar-refractivity contribution >= 4 is 28.6 Å². The van der Waals surface area contributed by atoms with Gasteiger partial charge in [0, 0.05) is 19.6 Å². The molecule has 0 aromatic carbocycles. The van der Waals surface area contributed by atoms with Crippen LogP contribution in [0.5, 0.6) is 0 Å². The smallest absolute Gasteiger partial charge is 0.310 e. The van der Waals surface area contributed by atoms with E-state index in [0.717, 1.165) is 32.5 Å². The van der Waals surface area contributed by atoms with Crippen molar-refractivity contribution in [1.29, 1.82) is 0 Å². The normalized spacial score (nSPS) is 31.4. The zero-order chi connectivity index (χ0) is 10.2. The van der Waals surface area contributed by atoms with Crippen LogP contribution in [0.2, 0.25) is 0 Å². The lowest BCUT2D eigenvalue weighted by Crippen LogP contribution is -2.44. The van der Waals surface area contributed by atoms with E-state index in [4.69, 9.17) is 9.84 Å². The summed E-state index contributed by atoms with van der Waals surface area (Å²) < 4.78 is 5.61. The summed E-state index contributed by atoms with van der Waals surface area (Å²) in [6.07, 6.45) is 1.68. The molecule has 1 saturated carbocycles. The second-order valence-electron chi connectivity index (χ2n) is 4.10. The molecule has 0 aromatic heterocycles.